The maximum Gasteiger partial charge on any atom is 0.254 e. The van der Waals surface area contributed by atoms with E-state index in [0.717, 1.165) is 42.2 Å². The Morgan fingerprint density at radius 1 is 1.22 bits per heavy atom. The molecule has 0 radical (unpaired) electrons. The van der Waals surface area contributed by atoms with Gasteiger partial charge in [0.05, 0.1) is 18.4 Å². The lowest BCUT2D eigenvalue weighted by atomic mass is 10.1. The van der Waals surface area contributed by atoms with Gasteiger partial charge in [-0.05, 0) is 55.3 Å². The van der Waals surface area contributed by atoms with Gasteiger partial charge in [0, 0.05) is 31.7 Å². The van der Waals surface area contributed by atoms with Gasteiger partial charge in [0.2, 0.25) is 0 Å². The number of ether oxygens (including phenoxy) is 1. The Morgan fingerprint density at radius 3 is 2.81 bits per heavy atom. The lowest BCUT2D eigenvalue weighted by molar-refractivity contribution is 0.0949. The zero-order chi connectivity index (χ0) is 22.5. The van der Waals surface area contributed by atoms with Crippen molar-refractivity contribution in [2.75, 3.05) is 20.2 Å². The van der Waals surface area contributed by atoms with Crippen LogP contribution < -0.4 is 10.1 Å². The fraction of sp³-hybridized carbons (Fsp3) is 0.320. The summed E-state index contributed by atoms with van der Waals surface area (Å²) in [7, 11) is 1.62. The first-order chi connectivity index (χ1) is 15.5. The highest BCUT2D eigenvalue weighted by Gasteiger charge is 2.27. The van der Waals surface area contributed by atoms with Gasteiger partial charge in [0.1, 0.15) is 17.4 Å². The third-order valence-corrected chi connectivity index (χ3v) is 5.76. The first-order valence-corrected chi connectivity index (χ1v) is 10.7. The van der Waals surface area contributed by atoms with E-state index in [-0.39, 0.29) is 17.6 Å². The predicted molar refractivity (Wildman–Crippen MR) is 120 cm³/mol. The summed E-state index contributed by atoms with van der Waals surface area (Å²) in [6.07, 6.45) is 2.56. The number of aromatic nitrogens is 2. The van der Waals surface area contributed by atoms with E-state index in [4.69, 9.17) is 4.74 Å². The fourth-order valence-electron chi connectivity index (χ4n) is 4.05. The number of carbonyl (C=O) groups excluding carboxylic acids is 1. The number of amides is 1. The first-order valence-electron chi connectivity index (χ1n) is 10.7. The summed E-state index contributed by atoms with van der Waals surface area (Å²) in [6.45, 7) is 4.67. The maximum atomic E-state index is 13.4. The molecule has 6 nitrogen and oxygen atoms in total. The lowest BCUT2D eigenvalue weighted by Gasteiger charge is -2.16. The molecule has 1 atom stereocenters. The van der Waals surface area contributed by atoms with Gasteiger partial charge in [0.15, 0.2) is 0 Å². The van der Waals surface area contributed by atoms with Crippen molar-refractivity contribution in [2.45, 2.75) is 32.4 Å². The summed E-state index contributed by atoms with van der Waals surface area (Å²) in [4.78, 5) is 24.1. The lowest BCUT2D eigenvalue weighted by Crippen LogP contribution is -2.25. The molecule has 1 fully saturated rings. The number of methoxy groups -OCH3 is 1. The second-order valence-electron chi connectivity index (χ2n) is 8.11. The molecule has 32 heavy (non-hydrogen) atoms. The van der Waals surface area contributed by atoms with Crippen molar-refractivity contribution in [1.82, 2.24) is 20.2 Å². The van der Waals surface area contributed by atoms with Crippen LogP contribution in [-0.2, 0) is 13.1 Å². The van der Waals surface area contributed by atoms with Crippen molar-refractivity contribution in [3.63, 3.8) is 0 Å². The monoisotopic (exact) mass is 434 g/mol. The highest BCUT2D eigenvalue weighted by Crippen LogP contribution is 2.26. The Hall–Kier alpha value is -3.32. The number of carbonyl (C=O) groups is 1. The Bertz CT molecular complexity index is 1100. The molecule has 1 aromatic heterocycles. The number of hydrogen-bond donors (Lipinski definition) is 1. The van der Waals surface area contributed by atoms with Crippen LogP contribution in [0.25, 0.3) is 0 Å². The van der Waals surface area contributed by atoms with Crippen molar-refractivity contribution in [2.24, 2.45) is 0 Å². The van der Waals surface area contributed by atoms with E-state index in [1.165, 1.54) is 6.07 Å². The van der Waals surface area contributed by atoms with Gasteiger partial charge in [-0.25, -0.2) is 14.4 Å². The topological polar surface area (TPSA) is 67.3 Å². The Labute approximate surface area is 187 Å². The van der Waals surface area contributed by atoms with Crippen LogP contribution in [0, 0.1) is 12.7 Å². The van der Waals surface area contributed by atoms with Crippen LogP contribution in [0.4, 0.5) is 4.39 Å². The van der Waals surface area contributed by atoms with Gasteiger partial charge in [-0.15, -0.1) is 0 Å². The number of hydrogen-bond acceptors (Lipinski definition) is 5. The van der Waals surface area contributed by atoms with Gasteiger partial charge >= 0.3 is 0 Å². The van der Waals surface area contributed by atoms with E-state index >= 15 is 0 Å². The summed E-state index contributed by atoms with van der Waals surface area (Å²) in [5.74, 6) is 1.31. The molecule has 0 spiro atoms. The van der Waals surface area contributed by atoms with Crippen molar-refractivity contribution in [3.8, 4) is 5.75 Å². The molecule has 2 aromatic carbocycles. The Morgan fingerprint density at radius 2 is 2.03 bits per heavy atom. The maximum absolute atomic E-state index is 13.4. The SMILES string of the molecule is COc1cccc(CNC(=O)c2cnc([C@H]3CCN(Cc4cccc(F)c4)C3)nc2C)c1. The van der Waals surface area contributed by atoms with E-state index < -0.39 is 0 Å². The zero-order valence-electron chi connectivity index (χ0n) is 18.3. The van der Waals surface area contributed by atoms with E-state index in [0.29, 0.717) is 24.3 Å². The number of benzene rings is 2. The summed E-state index contributed by atoms with van der Waals surface area (Å²) in [6, 6.07) is 14.3. The van der Waals surface area contributed by atoms with Crippen molar-refractivity contribution in [1.29, 1.82) is 0 Å². The van der Waals surface area contributed by atoms with E-state index in [9.17, 15) is 9.18 Å². The highest BCUT2D eigenvalue weighted by atomic mass is 19.1. The molecule has 3 aromatic rings. The number of aryl methyl sites for hydroxylation is 1. The van der Waals surface area contributed by atoms with E-state index in [1.54, 1.807) is 25.4 Å². The number of likely N-dealkylation sites (tertiary alicyclic amines) is 1. The molecular formula is C25H27FN4O2. The van der Waals surface area contributed by atoms with Gasteiger partial charge in [-0.2, -0.15) is 0 Å². The molecule has 0 bridgehead atoms. The van der Waals surface area contributed by atoms with Crippen LogP contribution in [0.5, 0.6) is 5.75 Å². The average Bonchev–Trinajstić information content (AvgIpc) is 3.26. The minimum atomic E-state index is -0.211. The summed E-state index contributed by atoms with van der Waals surface area (Å²) < 4.78 is 18.7. The van der Waals surface area contributed by atoms with Crippen LogP contribution >= 0.6 is 0 Å². The quantitative estimate of drug-likeness (QED) is 0.612. The third kappa shape index (κ3) is 5.29. The molecule has 0 aliphatic carbocycles. The van der Waals surface area contributed by atoms with Crippen molar-refractivity contribution >= 4 is 5.91 Å². The average molecular weight is 435 g/mol. The second-order valence-corrected chi connectivity index (χ2v) is 8.11. The molecule has 1 saturated heterocycles. The third-order valence-electron chi connectivity index (χ3n) is 5.76. The molecule has 0 unspecified atom stereocenters. The van der Waals surface area contributed by atoms with Gasteiger partial charge in [-0.1, -0.05) is 24.3 Å². The Kier molecular flexibility index (Phi) is 6.75. The molecule has 1 N–H and O–H groups in total. The largest absolute Gasteiger partial charge is 0.497 e. The number of nitrogens with one attached hydrogen (secondary N) is 1. The highest BCUT2D eigenvalue weighted by molar-refractivity contribution is 5.94. The molecule has 2 heterocycles. The predicted octanol–water partition coefficient (Wildman–Crippen LogP) is 3.85. The number of halogens is 1. The molecule has 0 saturated carbocycles. The fourth-order valence-corrected chi connectivity index (χ4v) is 4.05. The van der Waals surface area contributed by atoms with Gasteiger partial charge in [0.25, 0.3) is 5.91 Å². The normalized spacial score (nSPS) is 16.2. The van der Waals surface area contributed by atoms with Gasteiger partial charge < -0.3 is 10.1 Å². The van der Waals surface area contributed by atoms with Crippen LogP contribution in [0.3, 0.4) is 0 Å². The molecule has 1 aliphatic heterocycles. The minimum absolute atomic E-state index is 0.198. The summed E-state index contributed by atoms with van der Waals surface area (Å²) in [5, 5.41) is 2.92. The van der Waals surface area contributed by atoms with Crippen LogP contribution in [0.15, 0.2) is 54.7 Å². The molecule has 1 aliphatic rings. The second kappa shape index (κ2) is 9.87. The molecule has 7 heteroatoms. The first kappa shape index (κ1) is 21.9. The molecular weight excluding hydrogens is 407 g/mol. The number of rotatable bonds is 7. The summed E-state index contributed by atoms with van der Waals surface area (Å²) >= 11 is 0. The Balaban J connectivity index is 1.36. The van der Waals surface area contributed by atoms with Crippen LogP contribution in [-0.4, -0.2) is 41.0 Å². The minimum Gasteiger partial charge on any atom is -0.497 e. The van der Waals surface area contributed by atoms with Crippen molar-refractivity contribution < 1.29 is 13.9 Å². The van der Waals surface area contributed by atoms with E-state index in [2.05, 4.69) is 20.2 Å². The van der Waals surface area contributed by atoms with E-state index in [1.807, 2.05) is 37.3 Å². The summed E-state index contributed by atoms with van der Waals surface area (Å²) in [5.41, 5.74) is 3.07. The number of nitrogens with zero attached hydrogens (tertiary/aromatic N) is 3. The standard InChI is InChI=1S/C25H27FN4O2/c1-17-23(25(31)28-13-18-5-4-8-22(12-18)32-2)14-27-24(29-17)20-9-10-30(16-20)15-19-6-3-7-21(26)11-19/h3-8,11-12,14,20H,9-10,13,15-16H2,1-2H3,(H,28,31)/t20-/m0/s1. The zero-order valence-corrected chi connectivity index (χ0v) is 18.3. The molecule has 166 valence electrons. The smallest absolute Gasteiger partial charge is 0.254 e. The van der Waals surface area contributed by atoms with Gasteiger partial charge in [-0.3, -0.25) is 9.69 Å². The molecule has 4 rings (SSSR count). The van der Waals surface area contributed by atoms with Crippen molar-refractivity contribution in [3.05, 3.63) is 88.8 Å². The van der Waals surface area contributed by atoms with Crippen LogP contribution in [0.2, 0.25) is 0 Å². The van der Waals surface area contributed by atoms with Crippen LogP contribution in [0.1, 0.15) is 45.3 Å². The molecule has 1 amide bonds.